The summed E-state index contributed by atoms with van der Waals surface area (Å²) < 4.78 is 79.2. The molecule has 0 saturated heterocycles. The third-order valence-electron chi connectivity index (χ3n) is 2.91. The maximum absolute atomic E-state index is 12.9. The van der Waals surface area contributed by atoms with Gasteiger partial charge in [-0.15, -0.1) is 0 Å². The second-order valence-electron chi connectivity index (χ2n) is 4.56. The monoisotopic (exact) mass is 308 g/mol. The molecule has 120 valence electrons. The van der Waals surface area contributed by atoms with E-state index in [2.05, 4.69) is 0 Å². The summed E-state index contributed by atoms with van der Waals surface area (Å²) in [5.41, 5.74) is 0. The van der Waals surface area contributed by atoms with Crippen LogP contribution in [0.3, 0.4) is 0 Å². The Labute approximate surface area is 113 Å². The lowest BCUT2D eigenvalue weighted by atomic mass is 10.1. The van der Waals surface area contributed by atoms with Gasteiger partial charge in [-0.05, 0) is 19.3 Å². The number of hydrogen-bond donors (Lipinski definition) is 0. The summed E-state index contributed by atoms with van der Waals surface area (Å²) in [6, 6.07) is 0. The summed E-state index contributed by atoms with van der Waals surface area (Å²) in [6.45, 7) is 3.19. The number of hydrogen-bond acceptors (Lipinski definition) is 2. The molecule has 0 aliphatic rings. The molecular weight excluding hydrogens is 290 g/mol. The zero-order chi connectivity index (χ0) is 16.0. The fraction of sp³-hybridized carbons (Fsp3) is 0.917. The zero-order valence-electron chi connectivity index (χ0n) is 11.3. The van der Waals surface area contributed by atoms with E-state index < -0.39 is 37.1 Å². The van der Waals surface area contributed by atoms with Crippen molar-refractivity contribution in [2.45, 2.75) is 57.8 Å². The van der Waals surface area contributed by atoms with Gasteiger partial charge in [0.05, 0.1) is 12.5 Å². The van der Waals surface area contributed by atoms with Gasteiger partial charge in [-0.2, -0.15) is 17.6 Å². The highest BCUT2D eigenvalue weighted by atomic mass is 19.3. The largest absolute Gasteiger partial charge is 0.465 e. The van der Waals surface area contributed by atoms with Crippen LogP contribution in [0.5, 0.6) is 0 Å². The minimum Gasteiger partial charge on any atom is -0.465 e. The molecule has 1 atom stereocenters. The van der Waals surface area contributed by atoms with Crippen molar-refractivity contribution in [1.82, 2.24) is 0 Å². The lowest BCUT2D eigenvalue weighted by Crippen LogP contribution is -2.46. The third-order valence-corrected chi connectivity index (χ3v) is 2.91. The minimum absolute atomic E-state index is 0.0862. The summed E-state index contributed by atoms with van der Waals surface area (Å²) in [4.78, 5) is 11.2. The number of esters is 1. The number of alkyl halides is 6. The maximum Gasteiger partial charge on any atom is 0.369 e. The molecule has 20 heavy (non-hydrogen) atoms. The van der Waals surface area contributed by atoms with E-state index in [0.29, 0.717) is 6.42 Å². The number of ether oxygens (including phenoxy) is 1. The van der Waals surface area contributed by atoms with Crippen LogP contribution in [0.4, 0.5) is 26.3 Å². The molecule has 0 aromatic rings. The third kappa shape index (κ3) is 5.20. The second-order valence-corrected chi connectivity index (χ2v) is 4.56. The van der Waals surface area contributed by atoms with Crippen LogP contribution >= 0.6 is 0 Å². The van der Waals surface area contributed by atoms with Crippen molar-refractivity contribution in [3.63, 3.8) is 0 Å². The van der Waals surface area contributed by atoms with Crippen molar-refractivity contribution in [1.29, 1.82) is 0 Å². The topological polar surface area (TPSA) is 26.3 Å². The smallest absolute Gasteiger partial charge is 0.369 e. The van der Waals surface area contributed by atoms with Gasteiger partial charge in [0, 0.05) is 6.42 Å². The number of rotatable bonds is 9. The number of halogens is 6. The highest BCUT2D eigenvalue weighted by molar-refractivity contribution is 5.71. The van der Waals surface area contributed by atoms with E-state index in [4.69, 9.17) is 4.74 Å². The molecule has 0 N–H and O–H groups in total. The Hall–Kier alpha value is -0.950. The van der Waals surface area contributed by atoms with Crippen molar-refractivity contribution in [3.05, 3.63) is 0 Å². The average Bonchev–Trinajstić information content (AvgIpc) is 2.36. The van der Waals surface area contributed by atoms with Gasteiger partial charge in [-0.3, -0.25) is 4.79 Å². The van der Waals surface area contributed by atoms with Gasteiger partial charge in [0.15, 0.2) is 0 Å². The number of carbonyl (C=O) groups excluding carboxylic acids is 1. The van der Waals surface area contributed by atoms with Gasteiger partial charge >= 0.3 is 24.2 Å². The molecule has 0 bridgehead atoms. The van der Waals surface area contributed by atoms with E-state index in [9.17, 15) is 31.1 Å². The molecule has 0 aliphatic heterocycles. The summed E-state index contributed by atoms with van der Waals surface area (Å²) >= 11 is 0. The zero-order valence-corrected chi connectivity index (χ0v) is 11.3. The lowest BCUT2D eigenvalue weighted by molar-refractivity contribution is -0.266. The summed E-state index contributed by atoms with van der Waals surface area (Å²) in [7, 11) is 0. The predicted octanol–water partition coefficient (Wildman–Crippen LogP) is 4.28. The minimum atomic E-state index is -5.35. The molecule has 2 nitrogen and oxygen atoms in total. The van der Waals surface area contributed by atoms with Gasteiger partial charge in [0.2, 0.25) is 0 Å². The first-order valence-corrected chi connectivity index (χ1v) is 6.26. The number of carbonyl (C=O) groups is 1. The predicted molar refractivity (Wildman–Crippen MR) is 60.2 cm³/mol. The Bertz CT molecular complexity index is 306. The first-order valence-electron chi connectivity index (χ1n) is 6.26. The summed E-state index contributed by atoms with van der Waals surface area (Å²) in [5, 5.41) is 0. The Morgan fingerprint density at radius 3 is 2.15 bits per heavy atom. The molecule has 0 saturated carbocycles. The standard InChI is InChI=1S/C12H18F6O2/c1-3-8(2)9(19)20-7-5-4-6-11(15,16)12(17,18)10(13)14/h8,10H,3-7H2,1-2H3. The van der Waals surface area contributed by atoms with Gasteiger partial charge in [0.1, 0.15) is 0 Å². The molecule has 1 unspecified atom stereocenters. The van der Waals surface area contributed by atoms with Gasteiger partial charge < -0.3 is 4.74 Å². The maximum atomic E-state index is 12.9. The second kappa shape index (κ2) is 7.73. The Morgan fingerprint density at radius 1 is 1.15 bits per heavy atom. The molecular formula is C12H18F6O2. The highest BCUT2D eigenvalue weighted by Crippen LogP contribution is 2.42. The van der Waals surface area contributed by atoms with Crippen LogP contribution in [0.1, 0.15) is 39.5 Å². The fourth-order valence-electron chi connectivity index (χ4n) is 1.26. The van der Waals surface area contributed by atoms with Crippen LogP contribution in [0.15, 0.2) is 0 Å². The molecule has 0 fully saturated rings. The van der Waals surface area contributed by atoms with Crippen molar-refractivity contribution in [2.24, 2.45) is 5.92 Å². The van der Waals surface area contributed by atoms with Crippen LogP contribution in [0.25, 0.3) is 0 Å². The molecule has 0 amide bonds. The molecule has 0 rings (SSSR count). The first kappa shape index (κ1) is 19.1. The van der Waals surface area contributed by atoms with Crippen molar-refractivity contribution < 1.29 is 35.9 Å². The summed E-state index contributed by atoms with van der Waals surface area (Å²) in [6.07, 6.45) is -5.77. The van der Waals surface area contributed by atoms with Crippen molar-refractivity contribution in [2.75, 3.05) is 6.61 Å². The number of unbranched alkanes of at least 4 members (excludes halogenated alkanes) is 1. The van der Waals surface area contributed by atoms with Crippen molar-refractivity contribution >= 4 is 5.97 Å². The van der Waals surface area contributed by atoms with Crippen LogP contribution in [-0.4, -0.2) is 30.8 Å². The van der Waals surface area contributed by atoms with Crippen LogP contribution < -0.4 is 0 Å². The molecule has 0 spiro atoms. The van der Waals surface area contributed by atoms with Crippen LogP contribution in [0.2, 0.25) is 0 Å². The Morgan fingerprint density at radius 2 is 1.70 bits per heavy atom. The van der Waals surface area contributed by atoms with E-state index in [-0.39, 0.29) is 18.9 Å². The first-order chi connectivity index (χ1) is 9.06. The average molecular weight is 308 g/mol. The lowest BCUT2D eigenvalue weighted by Gasteiger charge is -2.25. The Balaban J connectivity index is 4.04. The molecule has 0 radical (unpaired) electrons. The quantitative estimate of drug-likeness (QED) is 0.361. The van der Waals surface area contributed by atoms with Gasteiger partial charge in [0.25, 0.3) is 0 Å². The van der Waals surface area contributed by atoms with Crippen LogP contribution in [-0.2, 0) is 9.53 Å². The molecule has 8 heteroatoms. The van der Waals surface area contributed by atoms with Crippen LogP contribution in [0, 0.1) is 5.92 Å². The fourth-order valence-corrected chi connectivity index (χ4v) is 1.26. The van der Waals surface area contributed by atoms with E-state index in [0.717, 1.165) is 0 Å². The summed E-state index contributed by atoms with van der Waals surface area (Å²) in [5.74, 6) is -11.0. The normalized spacial score (nSPS) is 14.4. The molecule has 0 aromatic carbocycles. The Kier molecular flexibility index (Phi) is 7.37. The van der Waals surface area contributed by atoms with E-state index >= 15 is 0 Å². The van der Waals surface area contributed by atoms with Gasteiger partial charge in [-0.1, -0.05) is 13.8 Å². The van der Waals surface area contributed by atoms with Crippen molar-refractivity contribution in [3.8, 4) is 0 Å². The SMILES string of the molecule is CCC(C)C(=O)OCCCCC(F)(F)C(F)(F)C(F)F. The van der Waals surface area contributed by atoms with E-state index in [1.54, 1.807) is 13.8 Å². The van der Waals surface area contributed by atoms with Gasteiger partial charge in [-0.25, -0.2) is 8.78 Å². The molecule has 0 aromatic heterocycles. The van der Waals surface area contributed by atoms with E-state index in [1.807, 2.05) is 0 Å². The highest BCUT2D eigenvalue weighted by Gasteiger charge is 2.61. The molecule has 0 aliphatic carbocycles. The molecule has 0 heterocycles. The van der Waals surface area contributed by atoms with E-state index in [1.165, 1.54) is 0 Å².